The van der Waals surface area contributed by atoms with Crippen LogP contribution in [0.1, 0.15) is 90.8 Å². The normalized spacial score (nSPS) is 12.7. The van der Waals surface area contributed by atoms with Crippen LogP contribution in [0.4, 0.5) is 0 Å². The van der Waals surface area contributed by atoms with Gasteiger partial charge in [-0.2, -0.15) is 0 Å². The van der Waals surface area contributed by atoms with E-state index in [1.54, 1.807) is 0 Å². The molecule has 1 radical (unpaired) electrons. The van der Waals surface area contributed by atoms with E-state index in [9.17, 15) is 9.90 Å². The third-order valence-electron chi connectivity index (χ3n) is 8.82. The van der Waals surface area contributed by atoms with Crippen LogP contribution in [0.2, 0.25) is 0 Å². The number of allylic oxidation sites excluding steroid dienone is 2. The number of nitrogens with zero attached hydrogens (tertiary/aromatic N) is 2. The SMILES string of the molecule is CC(C)(C)c1cc(-c2nccc3c2CCc2ccncc2-3)[c-]c2ccccc12.CCC(CC)C(=O)/C=C(\O)C(CC)CC.[Ir]. The second-order valence-corrected chi connectivity index (χ2v) is 12.6. The van der Waals surface area contributed by atoms with Gasteiger partial charge in [0, 0.05) is 67.9 Å². The number of aliphatic hydroxyl groups excluding tert-OH is 1. The molecule has 0 spiro atoms. The van der Waals surface area contributed by atoms with Gasteiger partial charge in [-0.3, -0.25) is 14.8 Å². The van der Waals surface area contributed by atoms with Crippen molar-refractivity contribution in [1.29, 1.82) is 0 Å². The fourth-order valence-electron chi connectivity index (χ4n) is 6.13. The second kappa shape index (κ2) is 15.7. The standard InChI is InChI=1S/C26H23N2.C13H24O2.Ir/c1-26(2,3)24-15-19(14-18-6-4-5-7-20(18)24)25-22-9-8-17-10-12-27-16-23(17)21(22)11-13-28-25;1-5-10(6-2)12(14)9-13(15)11(7-3)8-4;/h4-7,10-13,15-16H,8-9H2,1-3H3;9-11,14H,5-8H2,1-4H3;/q-1;;/b;12-9-;. The van der Waals surface area contributed by atoms with Crippen molar-refractivity contribution in [3.05, 3.63) is 95.6 Å². The van der Waals surface area contributed by atoms with Gasteiger partial charge in [0.1, 0.15) is 0 Å². The summed E-state index contributed by atoms with van der Waals surface area (Å²) in [6.07, 6.45) is 12.7. The van der Waals surface area contributed by atoms with Gasteiger partial charge in [0.2, 0.25) is 0 Å². The summed E-state index contributed by atoms with van der Waals surface area (Å²) in [4.78, 5) is 20.9. The molecule has 1 aliphatic carbocycles. The third-order valence-corrected chi connectivity index (χ3v) is 8.82. The van der Waals surface area contributed by atoms with E-state index >= 15 is 0 Å². The smallest absolute Gasteiger partial charge is 0.162 e. The van der Waals surface area contributed by atoms with E-state index in [0.29, 0.717) is 0 Å². The summed E-state index contributed by atoms with van der Waals surface area (Å²) >= 11 is 0. The molecule has 5 rings (SSSR count). The molecule has 1 aliphatic rings. The molecule has 2 aromatic heterocycles. The second-order valence-electron chi connectivity index (χ2n) is 12.6. The number of aromatic nitrogens is 2. The number of benzene rings is 2. The summed E-state index contributed by atoms with van der Waals surface area (Å²) in [5.41, 5.74) is 8.73. The Hall–Kier alpha value is -3.14. The van der Waals surface area contributed by atoms with Gasteiger partial charge in [-0.15, -0.1) is 29.1 Å². The number of aliphatic hydroxyl groups is 1. The van der Waals surface area contributed by atoms with Crippen molar-refractivity contribution in [2.24, 2.45) is 11.8 Å². The number of carbonyl (C=O) groups is 1. The average Bonchev–Trinajstić information content (AvgIpc) is 3.01. The predicted molar refractivity (Wildman–Crippen MR) is 179 cm³/mol. The molecule has 0 amide bonds. The van der Waals surface area contributed by atoms with Crippen molar-refractivity contribution in [2.75, 3.05) is 0 Å². The molecule has 0 fully saturated rings. The summed E-state index contributed by atoms with van der Waals surface area (Å²) < 4.78 is 0. The van der Waals surface area contributed by atoms with E-state index < -0.39 is 0 Å². The summed E-state index contributed by atoms with van der Waals surface area (Å²) in [6, 6.07) is 18.8. The molecular formula is C39H47IrN2O2-. The van der Waals surface area contributed by atoms with E-state index in [0.717, 1.165) is 55.2 Å². The van der Waals surface area contributed by atoms with Gasteiger partial charge in [-0.05, 0) is 72.8 Å². The van der Waals surface area contributed by atoms with Crippen molar-refractivity contribution in [2.45, 2.75) is 92.4 Å². The monoisotopic (exact) mass is 768 g/mol. The largest absolute Gasteiger partial charge is 0.512 e. The summed E-state index contributed by atoms with van der Waals surface area (Å²) in [7, 11) is 0. The first-order chi connectivity index (χ1) is 20.6. The zero-order chi connectivity index (χ0) is 31.1. The first-order valence-electron chi connectivity index (χ1n) is 15.9. The van der Waals surface area contributed by atoms with Crippen molar-refractivity contribution in [1.82, 2.24) is 9.97 Å². The maximum atomic E-state index is 11.7. The molecule has 2 heterocycles. The van der Waals surface area contributed by atoms with E-state index in [2.05, 4.69) is 74.3 Å². The molecule has 44 heavy (non-hydrogen) atoms. The van der Waals surface area contributed by atoms with Crippen LogP contribution in [0.5, 0.6) is 0 Å². The minimum atomic E-state index is 0. The van der Waals surface area contributed by atoms with Gasteiger partial charge >= 0.3 is 0 Å². The van der Waals surface area contributed by atoms with Gasteiger partial charge in [0.15, 0.2) is 5.78 Å². The van der Waals surface area contributed by atoms with Gasteiger partial charge < -0.3 is 5.11 Å². The number of fused-ring (bicyclic) bond motifs is 4. The van der Waals surface area contributed by atoms with Crippen LogP contribution >= 0.6 is 0 Å². The Balaban J connectivity index is 0.000000286. The van der Waals surface area contributed by atoms with Crippen LogP contribution < -0.4 is 0 Å². The topological polar surface area (TPSA) is 63.1 Å². The maximum Gasteiger partial charge on any atom is 0.162 e. The molecule has 0 saturated carbocycles. The summed E-state index contributed by atoms with van der Waals surface area (Å²) in [6.45, 7) is 14.9. The van der Waals surface area contributed by atoms with E-state index in [-0.39, 0.29) is 48.9 Å². The summed E-state index contributed by atoms with van der Waals surface area (Å²) in [5.74, 6) is 0.547. The van der Waals surface area contributed by atoms with Crippen LogP contribution in [-0.2, 0) is 43.2 Å². The number of carbonyl (C=O) groups excluding carboxylic acids is 1. The molecule has 4 nitrogen and oxygen atoms in total. The van der Waals surface area contributed by atoms with Crippen molar-refractivity contribution >= 4 is 16.6 Å². The zero-order valence-corrected chi connectivity index (χ0v) is 29.7. The van der Waals surface area contributed by atoms with Crippen LogP contribution in [0.15, 0.2) is 72.9 Å². The Bertz CT molecular complexity index is 1590. The van der Waals surface area contributed by atoms with Gasteiger partial charge in [-0.25, -0.2) is 0 Å². The number of rotatable bonds is 8. The van der Waals surface area contributed by atoms with E-state index in [4.69, 9.17) is 4.98 Å². The fraction of sp³-hybridized carbons (Fsp3) is 0.410. The molecule has 1 N–H and O–H groups in total. The molecular weight excluding hydrogens is 721 g/mol. The first-order valence-corrected chi connectivity index (χ1v) is 15.9. The van der Waals surface area contributed by atoms with Gasteiger partial charge in [-0.1, -0.05) is 77.6 Å². The quantitative estimate of drug-likeness (QED) is 0.110. The Morgan fingerprint density at radius 3 is 2.27 bits per heavy atom. The van der Waals surface area contributed by atoms with Crippen LogP contribution in [0.25, 0.3) is 33.2 Å². The Kier molecular flexibility index (Phi) is 12.6. The number of aryl methyl sites for hydroxylation is 1. The number of pyridine rings is 2. The molecule has 5 heteroatoms. The van der Waals surface area contributed by atoms with Crippen LogP contribution in [-0.4, -0.2) is 20.9 Å². The number of ketones is 1. The predicted octanol–water partition coefficient (Wildman–Crippen LogP) is 10.0. The maximum absolute atomic E-state index is 11.7. The molecule has 0 atom stereocenters. The third kappa shape index (κ3) is 7.92. The molecule has 235 valence electrons. The van der Waals surface area contributed by atoms with Crippen LogP contribution in [0, 0.1) is 17.9 Å². The molecule has 0 saturated heterocycles. The van der Waals surface area contributed by atoms with Gasteiger partial charge in [0.25, 0.3) is 0 Å². The number of hydrogen-bond donors (Lipinski definition) is 1. The van der Waals surface area contributed by atoms with Crippen LogP contribution in [0.3, 0.4) is 0 Å². The number of hydrogen-bond acceptors (Lipinski definition) is 4. The first kappa shape index (κ1) is 35.3. The molecule has 0 aliphatic heterocycles. The van der Waals surface area contributed by atoms with Crippen molar-refractivity contribution in [3.8, 4) is 22.4 Å². The van der Waals surface area contributed by atoms with Gasteiger partial charge in [0.05, 0.1) is 5.76 Å². The average molecular weight is 768 g/mol. The Morgan fingerprint density at radius 1 is 0.932 bits per heavy atom. The fourth-order valence-corrected chi connectivity index (χ4v) is 6.13. The molecule has 0 unspecified atom stereocenters. The zero-order valence-electron chi connectivity index (χ0n) is 27.3. The minimum Gasteiger partial charge on any atom is -0.512 e. The Labute approximate surface area is 277 Å². The van der Waals surface area contributed by atoms with Crippen molar-refractivity contribution in [3.63, 3.8) is 0 Å². The van der Waals surface area contributed by atoms with E-state index in [1.165, 1.54) is 39.3 Å². The molecule has 0 bridgehead atoms. The molecule has 4 aromatic rings. The Morgan fingerprint density at radius 2 is 1.61 bits per heavy atom. The minimum absolute atomic E-state index is 0. The molecule has 2 aromatic carbocycles. The van der Waals surface area contributed by atoms with E-state index in [1.807, 2.05) is 46.3 Å². The van der Waals surface area contributed by atoms with Crippen molar-refractivity contribution < 1.29 is 30.0 Å². The summed E-state index contributed by atoms with van der Waals surface area (Å²) in [5, 5.41) is 12.2.